The Kier molecular flexibility index (Phi) is 4.15. The van der Waals surface area contributed by atoms with Gasteiger partial charge >= 0.3 is 5.97 Å². The first-order valence-electron chi connectivity index (χ1n) is 8.00. The van der Waals surface area contributed by atoms with Gasteiger partial charge in [0.15, 0.2) is 6.10 Å². The second kappa shape index (κ2) is 6.60. The first kappa shape index (κ1) is 15.7. The lowest BCUT2D eigenvalue weighted by molar-refractivity contribution is -0.141. The lowest BCUT2D eigenvalue weighted by atomic mass is 10.2. The number of hydrogen-bond acceptors (Lipinski definition) is 7. The molecule has 4 heterocycles. The average Bonchev–Trinajstić information content (AvgIpc) is 3.24. The van der Waals surface area contributed by atoms with E-state index in [1.165, 1.54) is 11.3 Å². The van der Waals surface area contributed by atoms with E-state index in [4.69, 9.17) is 4.74 Å². The van der Waals surface area contributed by atoms with Crippen LogP contribution in [0.2, 0.25) is 0 Å². The lowest BCUT2D eigenvalue weighted by Crippen LogP contribution is -1.97. The number of nitrogens with zero attached hydrogens (tertiary/aromatic N) is 3. The van der Waals surface area contributed by atoms with Gasteiger partial charge in [-0.3, -0.25) is 4.79 Å². The van der Waals surface area contributed by atoms with Crippen molar-refractivity contribution in [1.29, 1.82) is 0 Å². The largest absolute Gasteiger partial charge is 0.455 e. The molecule has 0 aromatic carbocycles. The van der Waals surface area contributed by atoms with Crippen molar-refractivity contribution < 1.29 is 9.53 Å². The zero-order valence-electron chi connectivity index (χ0n) is 13.6. The number of cyclic esters (lactones) is 1. The second-order valence-corrected chi connectivity index (χ2v) is 6.89. The van der Waals surface area contributed by atoms with Crippen LogP contribution in [0.5, 0.6) is 0 Å². The molecule has 1 aliphatic rings. The van der Waals surface area contributed by atoms with Gasteiger partial charge in [0, 0.05) is 25.2 Å². The molecule has 0 radical (unpaired) electrons. The number of nitrogens with one attached hydrogen (secondary N) is 1. The zero-order valence-corrected chi connectivity index (χ0v) is 14.4. The third kappa shape index (κ3) is 3.51. The molecule has 1 saturated heterocycles. The van der Waals surface area contributed by atoms with Crippen molar-refractivity contribution in [2.24, 2.45) is 0 Å². The molecular formula is C18H16N4O2S. The predicted octanol–water partition coefficient (Wildman–Crippen LogP) is 4.03. The van der Waals surface area contributed by atoms with Crippen LogP contribution >= 0.6 is 11.3 Å². The van der Waals surface area contributed by atoms with Crippen molar-refractivity contribution >= 4 is 28.9 Å². The van der Waals surface area contributed by atoms with E-state index in [2.05, 4.69) is 20.3 Å². The van der Waals surface area contributed by atoms with Gasteiger partial charge in [-0.15, -0.1) is 11.3 Å². The summed E-state index contributed by atoms with van der Waals surface area (Å²) >= 11 is 1.51. The van der Waals surface area contributed by atoms with Crippen molar-refractivity contribution in [3.8, 4) is 10.6 Å². The Balaban J connectivity index is 1.55. The van der Waals surface area contributed by atoms with E-state index in [-0.39, 0.29) is 12.1 Å². The quantitative estimate of drug-likeness (QED) is 0.714. The topological polar surface area (TPSA) is 77.0 Å². The Hall–Kier alpha value is -2.80. The monoisotopic (exact) mass is 352 g/mol. The van der Waals surface area contributed by atoms with Gasteiger partial charge in [-0.1, -0.05) is 6.07 Å². The summed E-state index contributed by atoms with van der Waals surface area (Å²) in [6.45, 7) is 2.02. The van der Waals surface area contributed by atoms with E-state index in [0.29, 0.717) is 12.8 Å². The van der Waals surface area contributed by atoms with Crippen molar-refractivity contribution in [3.05, 3.63) is 53.3 Å². The van der Waals surface area contributed by atoms with Crippen molar-refractivity contribution in [2.45, 2.75) is 25.9 Å². The van der Waals surface area contributed by atoms with Crippen LogP contribution in [0, 0.1) is 6.92 Å². The summed E-state index contributed by atoms with van der Waals surface area (Å²) < 4.78 is 5.28. The summed E-state index contributed by atoms with van der Waals surface area (Å²) in [6.07, 6.45) is 4.48. The van der Waals surface area contributed by atoms with Crippen LogP contribution < -0.4 is 5.32 Å². The molecule has 1 fully saturated rings. The van der Waals surface area contributed by atoms with Crippen LogP contribution in [-0.4, -0.2) is 20.9 Å². The van der Waals surface area contributed by atoms with Crippen LogP contribution in [-0.2, 0) is 9.53 Å². The van der Waals surface area contributed by atoms with Crippen molar-refractivity contribution in [1.82, 2.24) is 15.0 Å². The third-order valence-corrected chi connectivity index (χ3v) is 4.97. The van der Waals surface area contributed by atoms with E-state index >= 15 is 0 Å². The first-order chi connectivity index (χ1) is 12.2. The Morgan fingerprint density at radius 3 is 2.96 bits per heavy atom. The number of carbonyl (C=O) groups is 1. The van der Waals surface area contributed by atoms with Gasteiger partial charge in [-0.25, -0.2) is 15.0 Å². The molecule has 1 N–H and O–H groups in total. The van der Waals surface area contributed by atoms with Crippen LogP contribution in [0.15, 0.2) is 42.7 Å². The number of anilines is 2. The Labute approximate surface area is 148 Å². The molecule has 0 unspecified atom stereocenters. The maximum absolute atomic E-state index is 11.3. The number of thiazole rings is 1. The number of hydrogen-bond donors (Lipinski definition) is 1. The van der Waals surface area contributed by atoms with Gasteiger partial charge in [-0.05, 0) is 36.8 Å². The summed E-state index contributed by atoms with van der Waals surface area (Å²) in [7, 11) is 0. The maximum Gasteiger partial charge on any atom is 0.306 e. The molecule has 3 aromatic heterocycles. The van der Waals surface area contributed by atoms with Gasteiger partial charge < -0.3 is 10.1 Å². The molecule has 1 atom stereocenters. The molecule has 0 amide bonds. The fourth-order valence-corrected chi connectivity index (χ4v) is 3.58. The highest BCUT2D eigenvalue weighted by Gasteiger charge is 2.27. The SMILES string of the molecule is Cc1ccnc(Nc2cccc(-c3cnc([C@@H]4CCC(=O)O4)s3)n2)c1. The number of aromatic nitrogens is 3. The molecule has 0 aliphatic carbocycles. The fourth-order valence-electron chi connectivity index (χ4n) is 2.63. The molecule has 4 rings (SSSR count). The number of aryl methyl sites for hydroxylation is 1. The normalized spacial score (nSPS) is 16.7. The summed E-state index contributed by atoms with van der Waals surface area (Å²) in [5, 5.41) is 4.04. The Bertz CT molecular complexity index is 925. The number of esters is 1. The molecule has 25 heavy (non-hydrogen) atoms. The van der Waals surface area contributed by atoms with Gasteiger partial charge in [0.25, 0.3) is 0 Å². The van der Waals surface area contributed by atoms with Gasteiger partial charge in [-0.2, -0.15) is 0 Å². The van der Waals surface area contributed by atoms with E-state index in [1.807, 2.05) is 37.3 Å². The molecule has 6 nitrogen and oxygen atoms in total. The van der Waals surface area contributed by atoms with E-state index in [0.717, 1.165) is 32.8 Å². The molecule has 0 spiro atoms. The minimum Gasteiger partial charge on any atom is -0.455 e. The minimum atomic E-state index is -0.218. The average molecular weight is 352 g/mol. The highest BCUT2D eigenvalue weighted by atomic mass is 32.1. The van der Waals surface area contributed by atoms with Crippen molar-refractivity contribution in [3.63, 3.8) is 0 Å². The summed E-state index contributed by atoms with van der Waals surface area (Å²) in [6, 6.07) is 9.69. The van der Waals surface area contributed by atoms with Gasteiger partial charge in [0.05, 0.1) is 10.6 Å². The van der Waals surface area contributed by atoms with E-state index in [9.17, 15) is 4.79 Å². The molecule has 3 aromatic rings. The lowest BCUT2D eigenvalue weighted by Gasteiger charge is -2.06. The number of carbonyl (C=O) groups excluding carboxylic acids is 1. The number of ether oxygens (including phenoxy) is 1. The zero-order chi connectivity index (χ0) is 17.2. The highest BCUT2D eigenvalue weighted by Crippen LogP contribution is 2.35. The predicted molar refractivity (Wildman–Crippen MR) is 95.7 cm³/mol. The fraction of sp³-hybridized carbons (Fsp3) is 0.222. The van der Waals surface area contributed by atoms with Gasteiger partial charge in [0.2, 0.25) is 0 Å². The maximum atomic E-state index is 11.3. The third-order valence-electron chi connectivity index (χ3n) is 3.86. The van der Waals surface area contributed by atoms with Crippen LogP contribution in [0.25, 0.3) is 10.6 Å². The Morgan fingerprint density at radius 1 is 1.24 bits per heavy atom. The smallest absolute Gasteiger partial charge is 0.306 e. The standard InChI is InChI=1S/C18H16N4O2S/c1-11-7-8-19-16(9-11)22-15-4-2-3-12(21-15)14-10-20-18(25-14)13-5-6-17(23)24-13/h2-4,7-10,13H,5-6H2,1H3,(H,19,21,22)/t13-/m0/s1. The number of pyridine rings is 2. The number of rotatable bonds is 4. The van der Waals surface area contributed by atoms with E-state index < -0.39 is 0 Å². The minimum absolute atomic E-state index is 0.156. The molecular weight excluding hydrogens is 336 g/mol. The van der Waals surface area contributed by atoms with Crippen LogP contribution in [0.3, 0.4) is 0 Å². The summed E-state index contributed by atoms with van der Waals surface area (Å²) in [4.78, 5) is 25.5. The molecule has 7 heteroatoms. The Morgan fingerprint density at radius 2 is 2.16 bits per heavy atom. The van der Waals surface area contributed by atoms with E-state index in [1.54, 1.807) is 12.4 Å². The summed E-state index contributed by atoms with van der Waals surface area (Å²) in [5.41, 5.74) is 1.96. The van der Waals surface area contributed by atoms with Crippen LogP contribution in [0.1, 0.15) is 29.5 Å². The first-order valence-corrected chi connectivity index (χ1v) is 8.81. The second-order valence-electron chi connectivity index (χ2n) is 5.83. The molecule has 1 aliphatic heterocycles. The van der Waals surface area contributed by atoms with Crippen LogP contribution in [0.4, 0.5) is 11.6 Å². The van der Waals surface area contributed by atoms with Gasteiger partial charge in [0.1, 0.15) is 16.6 Å². The molecule has 126 valence electrons. The molecule has 0 bridgehead atoms. The van der Waals surface area contributed by atoms with Crippen molar-refractivity contribution in [2.75, 3.05) is 5.32 Å². The molecule has 0 saturated carbocycles. The summed E-state index contributed by atoms with van der Waals surface area (Å²) in [5.74, 6) is 1.32. The highest BCUT2D eigenvalue weighted by molar-refractivity contribution is 7.15.